The summed E-state index contributed by atoms with van der Waals surface area (Å²) in [5.41, 5.74) is 17.4. The van der Waals surface area contributed by atoms with E-state index in [2.05, 4.69) is 30.5 Å². The summed E-state index contributed by atoms with van der Waals surface area (Å²) in [5.74, 6) is -0.814. The number of amides is 3. The summed E-state index contributed by atoms with van der Waals surface area (Å²) < 4.78 is 5.21. The summed E-state index contributed by atoms with van der Waals surface area (Å²) >= 11 is 0. The maximum atomic E-state index is 13.4. The van der Waals surface area contributed by atoms with Crippen LogP contribution in [0.1, 0.15) is 62.1 Å². The van der Waals surface area contributed by atoms with E-state index >= 15 is 0 Å². The monoisotopic (exact) mass is 685 g/mol. The quantitative estimate of drug-likeness (QED) is 0.145. The number of aryl methyl sites for hydroxylation is 4. The smallest absolute Gasteiger partial charge is 0.276 e. The van der Waals surface area contributed by atoms with Crippen LogP contribution in [0.5, 0.6) is 0 Å². The first-order chi connectivity index (χ1) is 24.5. The molecule has 0 spiro atoms. The number of hydrogen-bond acceptors (Lipinski definition) is 9. The summed E-state index contributed by atoms with van der Waals surface area (Å²) in [6, 6.07) is 10.4. The van der Waals surface area contributed by atoms with Gasteiger partial charge in [-0.15, -0.1) is 0 Å². The molecule has 6 N–H and O–H groups in total. The second-order valence-corrected chi connectivity index (χ2v) is 12.0. The number of nitrogens with two attached hydrogens (primary N) is 2. The van der Waals surface area contributed by atoms with Crippen molar-refractivity contribution in [2.45, 2.75) is 53.8 Å². The fourth-order valence-corrected chi connectivity index (χ4v) is 6.17. The van der Waals surface area contributed by atoms with Gasteiger partial charge in [0, 0.05) is 54.1 Å². The third-order valence-electron chi connectivity index (χ3n) is 8.54. The lowest BCUT2D eigenvalue weighted by molar-refractivity contribution is 0.0992. The summed E-state index contributed by atoms with van der Waals surface area (Å²) in [6.07, 6.45) is 5.64. The lowest BCUT2D eigenvalue weighted by Gasteiger charge is -2.09. The number of pyridine rings is 1. The lowest BCUT2D eigenvalue weighted by Crippen LogP contribution is -2.20. The van der Waals surface area contributed by atoms with E-state index in [9.17, 15) is 14.4 Å². The van der Waals surface area contributed by atoms with Crippen LogP contribution in [-0.2, 0) is 26.1 Å². The van der Waals surface area contributed by atoms with Crippen LogP contribution >= 0.6 is 0 Å². The fraction of sp³-hybridized carbons (Fsp3) is 0.229. The topological polar surface area (TPSA) is 223 Å². The number of primary amides is 2. The highest BCUT2D eigenvalue weighted by Crippen LogP contribution is 2.31. The molecule has 7 aromatic rings. The van der Waals surface area contributed by atoms with Crippen molar-refractivity contribution in [2.75, 3.05) is 5.32 Å². The summed E-state index contributed by atoms with van der Waals surface area (Å²) in [6.45, 7) is 9.07. The maximum absolute atomic E-state index is 13.4. The molecule has 51 heavy (non-hydrogen) atoms. The third-order valence-corrected chi connectivity index (χ3v) is 8.54. The van der Waals surface area contributed by atoms with Gasteiger partial charge in [-0.2, -0.15) is 10.2 Å². The molecular weight excluding hydrogens is 650 g/mol. The second-order valence-electron chi connectivity index (χ2n) is 12.0. The number of nitrogens with zero attached hydrogens (tertiary/aromatic N) is 9. The number of aromatic amines is 1. The average Bonchev–Trinajstić information content (AvgIpc) is 3.87. The molecule has 0 aliphatic heterocycles. The Hall–Kier alpha value is -6.71. The number of aromatic nitrogens is 10. The minimum Gasteiger partial charge on any atom is -0.366 e. The lowest BCUT2D eigenvalue weighted by atomic mass is 10.1. The van der Waals surface area contributed by atoms with Gasteiger partial charge in [0.15, 0.2) is 11.5 Å². The SMILES string of the molecule is CCn1nc(C)cc1C(=O)Nc1nc2cc(C(N)=O)cnc2n1CC=CCc1nc(-c2cc(C)nn2CC)nc2[nH]c3ccc(C(N)=O)cc3c12. The molecule has 7 rings (SSSR count). The van der Waals surface area contributed by atoms with E-state index in [1.54, 1.807) is 33.5 Å². The Bertz CT molecular complexity index is 2550. The van der Waals surface area contributed by atoms with Crippen LogP contribution in [0.25, 0.3) is 44.6 Å². The van der Waals surface area contributed by atoms with Gasteiger partial charge in [-0.1, -0.05) is 12.2 Å². The van der Waals surface area contributed by atoms with Crippen molar-refractivity contribution < 1.29 is 14.4 Å². The highest BCUT2D eigenvalue weighted by Gasteiger charge is 2.21. The van der Waals surface area contributed by atoms with Gasteiger partial charge in [-0.25, -0.2) is 19.9 Å². The molecular formula is C35H35N13O3. The molecule has 3 amide bonds. The number of fused-ring (bicyclic) bond motifs is 4. The predicted molar refractivity (Wildman–Crippen MR) is 191 cm³/mol. The zero-order valence-corrected chi connectivity index (χ0v) is 28.4. The number of anilines is 1. The third kappa shape index (κ3) is 6.07. The molecule has 0 unspecified atom stereocenters. The molecule has 0 saturated carbocycles. The number of benzene rings is 1. The summed E-state index contributed by atoms with van der Waals surface area (Å²) in [7, 11) is 0. The Balaban J connectivity index is 1.27. The Morgan fingerprint density at radius 3 is 2.37 bits per heavy atom. The van der Waals surface area contributed by atoms with Crippen molar-refractivity contribution in [3.63, 3.8) is 0 Å². The Morgan fingerprint density at radius 2 is 1.63 bits per heavy atom. The molecule has 16 nitrogen and oxygen atoms in total. The number of imidazole rings is 1. The Kier molecular flexibility index (Phi) is 8.34. The van der Waals surface area contributed by atoms with Crippen LogP contribution in [-0.4, -0.2) is 66.8 Å². The number of carbonyl (C=O) groups excluding carboxylic acids is 3. The van der Waals surface area contributed by atoms with Crippen LogP contribution in [0.3, 0.4) is 0 Å². The van der Waals surface area contributed by atoms with E-state index in [0.717, 1.165) is 33.4 Å². The first-order valence-corrected chi connectivity index (χ1v) is 16.4. The highest BCUT2D eigenvalue weighted by molar-refractivity contribution is 6.10. The fourth-order valence-electron chi connectivity index (χ4n) is 6.17. The summed E-state index contributed by atoms with van der Waals surface area (Å²) in [4.78, 5) is 59.7. The predicted octanol–water partition coefficient (Wildman–Crippen LogP) is 3.82. The maximum Gasteiger partial charge on any atom is 0.276 e. The molecule has 0 aliphatic carbocycles. The number of hydrogen-bond donors (Lipinski definition) is 4. The number of carbonyl (C=O) groups is 3. The van der Waals surface area contributed by atoms with Crippen LogP contribution in [0.4, 0.5) is 5.95 Å². The van der Waals surface area contributed by atoms with Crippen LogP contribution in [0, 0.1) is 13.8 Å². The molecule has 6 heterocycles. The van der Waals surface area contributed by atoms with Crippen LogP contribution < -0.4 is 16.8 Å². The van der Waals surface area contributed by atoms with E-state index < -0.39 is 11.8 Å². The standard InChI is InChI=1S/C35H35N13O3/c1-5-47-26(13-18(3)44-47)31-40-24(28-22-15-20(29(36)49)10-11-23(22)39-32(28)42-31)9-7-8-12-46-33-25(16-21(17-38-33)30(37)50)41-35(46)43-34(51)27-14-19(4)45-48(27)6-2/h7-8,10-11,13-17H,5-6,9,12H2,1-4H3,(H2,36,49)(H2,37,50)(H,39,40,42)(H,41,43,51). The van der Waals surface area contributed by atoms with Gasteiger partial charge >= 0.3 is 0 Å². The minimum absolute atomic E-state index is 0.196. The number of allylic oxidation sites excluding steroid dienone is 2. The largest absolute Gasteiger partial charge is 0.366 e. The molecule has 0 bridgehead atoms. The number of H-pyrrole nitrogens is 1. The van der Waals surface area contributed by atoms with Crippen LogP contribution in [0.2, 0.25) is 0 Å². The van der Waals surface area contributed by atoms with Gasteiger partial charge in [-0.05, 0) is 64.1 Å². The molecule has 0 saturated heterocycles. The van der Waals surface area contributed by atoms with Gasteiger partial charge in [0.1, 0.15) is 22.6 Å². The van der Waals surface area contributed by atoms with Crippen LogP contribution in [0.15, 0.2) is 54.7 Å². The van der Waals surface area contributed by atoms with E-state index in [0.29, 0.717) is 59.1 Å². The first-order valence-electron chi connectivity index (χ1n) is 16.4. The van der Waals surface area contributed by atoms with Crippen molar-refractivity contribution in [1.29, 1.82) is 0 Å². The van der Waals surface area contributed by atoms with Gasteiger partial charge in [0.2, 0.25) is 17.8 Å². The molecule has 1 aromatic carbocycles. The van der Waals surface area contributed by atoms with Crippen molar-refractivity contribution in [1.82, 2.24) is 49.0 Å². The van der Waals surface area contributed by atoms with Gasteiger partial charge in [0.05, 0.1) is 22.6 Å². The normalized spacial score (nSPS) is 11.8. The van der Waals surface area contributed by atoms with E-state index in [4.69, 9.17) is 21.4 Å². The summed E-state index contributed by atoms with van der Waals surface area (Å²) in [5, 5.41) is 13.4. The minimum atomic E-state index is -0.639. The van der Waals surface area contributed by atoms with Crippen molar-refractivity contribution >= 4 is 56.8 Å². The van der Waals surface area contributed by atoms with Gasteiger partial charge in [0.25, 0.3) is 5.91 Å². The zero-order chi connectivity index (χ0) is 36.0. The molecule has 258 valence electrons. The average molecular weight is 686 g/mol. The van der Waals surface area contributed by atoms with Gasteiger partial charge < -0.3 is 16.5 Å². The Morgan fingerprint density at radius 1 is 0.882 bits per heavy atom. The molecule has 0 radical (unpaired) electrons. The molecule has 6 aromatic heterocycles. The second kappa shape index (κ2) is 13.0. The zero-order valence-electron chi connectivity index (χ0n) is 28.4. The van der Waals surface area contributed by atoms with Crippen molar-refractivity contribution in [2.24, 2.45) is 11.5 Å². The van der Waals surface area contributed by atoms with Crippen molar-refractivity contribution in [3.8, 4) is 11.5 Å². The molecule has 16 heteroatoms. The number of nitrogens with one attached hydrogen (secondary N) is 2. The highest BCUT2D eigenvalue weighted by atomic mass is 16.2. The molecule has 0 fully saturated rings. The van der Waals surface area contributed by atoms with E-state index in [1.807, 2.05) is 56.7 Å². The molecule has 0 aliphatic rings. The van der Waals surface area contributed by atoms with E-state index in [-0.39, 0.29) is 24.0 Å². The number of rotatable bonds is 11. The molecule has 0 atom stereocenters. The van der Waals surface area contributed by atoms with E-state index in [1.165, 1.54) is 6.20 Å². The van der Waals surface area contributed by atoms with Gasteiger partial charge in [-0.3, -0.25) is 33.6 Å². The Labute approximate surface area is 290 Å². The van der Waals surface area contributed by atoms with Crippen molar-refractivity contribution in [3.05, 3.63) is 88.6 Å². The first kappa shape index (κ1) is 32.8.